The fraction of sp³-hybridized carbons (Fsp3) is 0.526. The second kappa shape index (κ2) is 8.66. The van der Waals surface area contributed by atoms with E-state index >= 15 is 0 Å². The maximum atomic E-state index is 13.1. The van der Waals surface area contributed by atoms with Crippen molar-refractivity contribution in [3.63, 3.8) is 0 Å². The van der Waals surface area contributed by atoms with E-state index in [2.05, 4.69) is 10.2 Å². The van der Waals surface area contributed by atoms with Crippen molar-refractivity contribution in [1.82, 2.24) is 19.7 Å². The van der Waals surface area contributed by atoms with E-state index in [1.165, 1.54) is 43.2 Å². The summed E-state index contributed by atoms with van der Waals surface area (Å²) in [5.74, 6) is 0.911. The van der Waals surface area contributed by atoms with Crippen molar-refractivity contribution >= 4 is 17.7 Å². The zero-order chi connectivity index (χ0) is 18.5. The molecule has 0 bridgehead atoms. The van der Waals surface area contributed by atoms with E-state index in [1.54, 1.807) is 12.1 Å². The van der Waals surface area contributed by atoms with Crippen LogP contribution in [0, 0.1) is 5.82 Å². The molecule has 140 valence electrons. The van der Waals surface area contributed by atoms with E-state index in [9.17, 15) is 9.18 Å². The number of halogens is 1. The summed E-state index contributed by atoms with van der Waals surface area (Å²) >= 11 is 1.41. The Balaban J connectivity index is 1.64. The van der Waals surface area contributed by atoms with E-state index in [4.69, 9.17) is 0 Å². The molecule has 0 aliphatic heterocycles. The van der Waals surface area contributed by atoms with Gasteiger partial charge in [0, 0.05) is 25.2 Å². The van der Waals surface area contributed by atoms with Gasteiger partial charge in [0.05, 0.1) is 5.75 Å². The molecule has 1 aromatic heterocycles. The Morgan fingerprint density at radius 2 is 1.92 bits per heavy atom. The number of nitrogens with zero attached hydrogens (tertiary/aromatic N) is 4. The highest BCUT2D eigenvalue weighted by Crippen LogP contribution is 2.26. The highest BCUT2D eigenvalue weighted by Gasteiger charge is 2.24. The first-order valence-electron chi connectivity index (χ1n) is 9.17. The number of amides is 1. The van der Waals surface area contributed by atoms with Crippen molar-refractivity contribution in [3.8, 4) is 11.4 Å². The molecule has 3 rings (SSSR count). The molecule has 1 amide bonds. The van der Waals surface area contributed by atoms with E-state index in [0.29, 0.717) is 22.8 Å². The van der Waals surface area contributed by atoms with Crippen molar-refractivity contribution in [1.29, 1.82) is 0 Å². The van der Waals surface area contributed by atoms with Gasteiger partial charge >= 0.3 is 0 Å². The van der Waals surface area contributed by atoms with Crippen LogP contribution in [0.15, 0.2) is 29.4 Å². The summed E-state index contributed by atoms with van der Waals surface area (Å²) in [6, 6.07) is 6.56. The number of benzene rings is 1. The molecule has 0 unspecified atom stereocenters. The topological polar surface area (TPSA) is 51.0 Å². The van der Waals surface area contributed by atoms with Gasteiger partial charge in [-0.3, -0.25) is 4.79 Å². The molecule has 0 N–H and O–H groups in total. The molecular weight excluding hydrogens is 351 g/mol. The van der Waals surface area contributed by atoms with Crippen LogP contribution in [0.3, 0.4) is 0 Å². The molecule has 0 spiro atoms. The van der Waals surface area contributed by atoms with Crippen molar-refractivity contribution in [2.24, 2.45) is 7.05 Å². The second-order valence-electron chi connectivity index (χ2n) is 6.63. The summed E-state index contributed by atoms with van der Waals surface area (Å²) in [5.41, 5.74) is 0.803. The normalized spacial score (nSPS) is 15.2. The molecular formula is C19H25FN4OS. The summed E-state index contributed by atoms with van der Waals surface area (Å²) in [7, 11) is 1.87. The average Bonchev–Trinajstić information content (AvgIpc) is 3.03. The lowest BCUT2D eigenvalue weighted by Gasteiger charge is -2.33. The molecule has 0 radical (unpaired) electrons. The summed E-state index contributed by atoms with van der Waals surface area (Å²) in [4.78, 5) is 14.7. The van der Waals surface area contributed by atoms with Crippen molar-refractivity contribution in [3.05, 3.63) is 30.1 Å². The SMILES string of the molecule is CCN(C(=O)CSc1nnc(-c2ccc(F)cc2)n1C)C1CCCCC1. The van der Waals surface area contributed by atoms with Gasteiger partial charge < -0.3 is 9.47 Å². The Morgan fingerprint density at radius 3 is 2.58 bits per heavy atom. The zero-order valence-electron chi connectivity index (χ0n) is 15.3. The van der Waals surface area contributed by atoms with E-state index in [-0.39, 0.29) is 11.7 Å². The average molecular weight is 377 g/mol. The number of carbonyl (C=O) groups is 1. The second-order valence-corrected chi connectivity index (χ2v) is 7.57. The van der Waals surface area contributed by atoms with Gasteiger partial charge in [0.2, 0.25) is 5.91 Å². The van der Waals surface area contributed by atoms with E-state index < -0.39 is 0 Å². The van der Waals surface area contributed by atoms with Crippen molar-refractivity contribution in [2.75, 3.05) is 12.3 Å². The standard InChI is InChI=1S/C19H25FN4OS/c1-3-24(16-7-5-4-6-8-16)17(25)13-26-19-22-21-18(23(19)2)14-9-11-15(20)12-10-14/h9-12,16H,3-8,13H2,1-2H3. The third-order valence-corrected chi connectivity index (χ3v) is 5.94. The molecule has 1 fully saturated rings. The predicted molar refractivity (Wildman–Crippen MR) is 101 cm³/mol. The van der Waals surface area contributed by atoms with Crippen LogP contribution in [0.5, 0.6) is 0 Å². The number of hydrogen-bond donors (Lipinski definition) is 0. The van der Waals surface area contributed by atoms with Crippen LogP contribution in [0.4, 0.5) is 4.39 Å². The molecule has 1 aliphatic carbocycles. The van der Waals surface area contributed by atoms with Crippen LogP contribution >= 0.6 is 11.8 Å². The lowest BCUT2D eigenvalue weighted by molar-refractivity contribution is -0.131. The highest BCUT2D eigenvalue weighted by molar-refractivity contribution is 7.99. The number of hydrogen-bond acceptors (Lipinski definition) is 4. The first-order chi connectivity index (χ1) is 12.6. The summed E-state index contributed by atoms with van der Waals surface area (Å²) < 4.78 is 14.9. The molecule has 1 aromatic carbocycles. The van der Waals surface area contributed by atoms with Crippen LogP contribution in [-0.4, -0.2) is 43.9 Å². The molecule has 26 heavy (non-hydrogen) atoms. The van der Waals surface area contributed by atoms with Crippen LogP contribution in [-0.2, 0) is 11.8 Å². The monoisotopic (exact) mass is 376 g/mol. The molecule has 1 aliphatic rings. The molecule has 5 nitrogen and oxygen atoms in total. The van der Waals surface area contributed by atoms with E-state index in [0.717, 1.165) is 24.9 Å². The molecule has 0 atom stereocenters. The fourth-order valence-corrected chi connectivity index (χ4v) is 4.33. The Labute approximate surface area is 158 Å². The maximum Gasteiger partial charge on any atom is 0.233 e. The lowest BCUT2D eigenvalue weighted by Crippen LogP contribution is -2.42. The van der Waals surface area contributed by atoms with Crippen LogP contribution in [0.25, 0.3) is 11.4 Å². The van der Waals surface area contributed by atoms with Gasteiger partial charge in [0.1, 0.15) is 5.82 Å². The molecule has 0 saturated heterocycles. The Kier molecular flexibility index (Phi) is 6.29. The Hall–Kier alpha value is -1.89. The van der Waals surface area contributed by atoms with Gasteiger partial charge in [-0.15, -0.1) is 10.2 Å². The minimum absolute atomic E-state index is 0.163. The molecule has 1 heterocycles. The zero-order valence-corrected chi connectivity index (χ0v) is 16.1. The third-order valence-electron chi connectivity index (χ3n) is 4.94. The third kappa shape index (κ3) is 4.26. The Morgan fingerprint density at radius 1 is 1.23 bits per heavy atom. The fourth-order valence-electron chi connectivity index (χ4n) is 3.53. The number of thioether (sulfide) groups is 1. The molecule has 7 heteroatoms. The van der Waals surface area contributed by atoms with Gasteiger partial charge in [-0.1, -0.05) is 31.0 Å². The van der Waals surface area contributed by atoms with Crippen LogP contribution in [0.2, 0.25) is 0 Å². The molecule has 2 aromatic rings. The highest BCUT2D eigenvalue weighted by atomic mass is 32.2. The molecule has 1 saturated carbocycles. The first-order valence-corrected chi connectivity index (χ1v) is 10.2. The van der Waals surface area contributed by atoms with Gasteiger partial charge in [-0.2, -0.15) is 0 Å². The minimum Gasteiger partial charge on any atom is -0.339 e. The summed E-state index contributed by atoms with van der Waals surface area (Å²) in [6.07, 6.45) is 5.94. The lowest BCUT2D eigenvalue weighted by atomic mass is 9.94. The predicted octanol–water partition coefficient (Wildman–Crippen LogP) is 3.89. The quantitative estimate of drug-likeness (QED) is 0.718. The summed E-state index contributed by atoms with van der Waals surface area (Å²) in [6.45, 7) is 2.80. The first kappa shape index (κ1) is 18.9. The van der Waals surface area contributed by atoms with Gasteiger partial charge in [0.25, 0.3) is 0 Å². The van der Waals surface area contributed by atoms with E-state index in [1.807, 2.05) is 23.4 Å². The number of aromatic nitrogens is 3. The largest absolute Gasteiger partial charge is 0.339 e. The van der Waals surface area contributed by atoms with Crippen LogP contribution in [0.1, 0.15) is 39.0 Å². The maximum absolute atomic E-state index is 13.1. The van der Waals surface area contributed by atoms with Crippen LogP contribution < -0.4 is 0 Å². The number of rotatable bonds is 6. The Bertz CT molecular complexity index is 740. The summed E-state index contributed by atoms with van der Waals surface area (Å²) in [5, 5.41) is 9.08. The van der Waals surface area contributed by atoms with Gasteiger partial charge in [0.15, 0.2) is 11.0 Å². The van der Waals surface area contributed by atoms with Crippen molar-refractivity contribution in [2.45, 2.75) is 50.2 Å². The minimum atomic E-state index is -0.279. The smallest absolute Gasteiger partial charge is 0.233 e. The van der Waals surface area contributed by atoms with Gasteiger partial charge in [-0.25, -0.2) is 4.39 Å². The number of carbonyl (C=O) groups excluding carboxylic acids is 1. The van der Waals surface area contributed by atoms with Gasteiger partial charge in [-0.05, 0) is 44.0 Å². The van der Waals surface area contributed by atoms with Crippen molar-refractivity contribution < 1.29 is 9.18 Å².